The van der Waals surface area contributed by atoms with Crippen LogP contribution in [0.1, 0.15) is 35.7 Å². The molecule has 1 aromatic heterocycles. The van der Waals surface area contributed by atoms with Gasteiger partial charge in [0.15, 0.2) is 0 Å². The zero-order valence-corrected chi connectivity index (χ0v) is 14.5. The van der Waals surface area contributed by atoms with Crippen LogP contribution in [0.2, 0.25) is 0 Å². The van der Waals surface area contributed by atoms with Gasteiger partial charge in [0, 0.05) is 37.8 Å². The number of pyridine rings is 1. The fraction of sp³-hybridized carbons (Fsp3) is 0.562. The Bertz CT molecular complexity index is 678. The minimum Gasteiger partial charge on any atom is -0.340 e. The summed E-state index contributed by atoms with van der Waals surface area (Å²) in [5.41, 5.74) is 2.10. The topological polar surface area (TPSA) is 89.0 Å². The van der Waals surface area contributed by atoms with Crippen molar-refractivity contribution >= 4 is 18.3 Å². The third-order valence-electron chi connectivity index (χ3n) is 4.23. The number of carbonyl (C=O) groups excluding carboxylic acids is 1. The van der Waals surface area contributed by atoms with E-state index >= 15 is 0 Å². The molecule has 2 N–H and O–H groups in total. The number of amides is 1. The van der Waals surface area contributed by atoms with Gasteiger partial charge in [0.25, 0.3) is 5.56 Å². The molecule has 1 fully saturated rings. The Morgan fingerprint density at radius 1 is 1.43 bits per heavy atom. The van der Waals surface area contributed by atoms with Gasteiger partial charge in [-0.3, -0.25) is 9.59 Å². The molecule has 0 bridgehead atoms. The molecule has 7 heteroatoms. The van der Waals surface area contributed by atoms with Gasteiger partial charge in [0.05, 0.1) is 0 Å². The van der Waals surface area contributed by atoms with E-state index in [1.54, 1.807) is 6.92 Å². The normalized spacial score (nSPS) is 17.3. The van der Waals surface area contributed by atoms with E-state index in [4.69, 9.17) is 5.26 Å². The zero-order chi connectivity index (χ0) is 16.3. The molecule has 1 atom stereocenters. The number of aromatic nitrogens is 1. The summed E-state index contributed by atoms with van der Waals surface area (Å²) in [6, 6.07) is 2.26. The van der Waals surface area contributed by atoms with Crippen LogP contribution < -0.4 is 10.9 Å². The maximum Gasteiger partial charge on any atom is 0.266 e. The summed E-state index contributed by atoms with van der Waals surface area (Å²) in [5.74, 6) is 0.122. The molecule has 2 heterocycles. The van der Waals surface area contributed by atoms with Crippen molar-refractivity contribution in [3.8, 4) is 6.07 Å². The van der Waals surface area contributed by atoms with Crippen molar-refractivity contribution in [3.63, 3.8) is 0 Å². The molecule has 0 saturated carbocycles. The Labute approximate surface area is 142 Å². The molecule has 1 aliphatic heterocycles. The maximum absolute atomic E-state index is 12.3. The first-order valence-electron chi connectivity index (χ1n) is 7.57. The minimum atomic E-state index is -0.358. The van der Waals surface area contributed by atoms with Gasteiger partial charge < -0.3 is 15.2 Å². The predicted molar refractivity (Wildman–Crippen MR) is 90.9 cm³/mol. The number of carbonyl (C=O) groups is 1. The summed E-state index contributed by atoms with van der Waals surface area (Å²) < 4.78 is 0. The molecule has 0 spiro atoms. The molecule has 1 unspecified atom stereocenters. The summed E-state index contributed by atoms with van der Waals surface area (Å²) in [6.45, 7) is 7.93. The lowest BCUT2D eigenvalue weighted by molar-refractivity contribution is -0.132. The van der Waals surface area contributed by atoms with E-state index < -0.39 is 0 Å². The summed E-state index contributed by atoms with van der Waals surface area (Å²) in [4.78, 5) is 28.6. The van der Waals surface area contributed by atoms with Crippen molar-refractivity contribution in [2.24, 2.45) is 0 Å². The molecule has 1 saturated heterocycles. The third-order valence-corrected chi connectivity index (χ3v) is 4.23. The first-order valence-corrected chi connectivity index (χ1v) is 7.57. The Morgan fingerprint density at radius 3 is 2.74 bits per heavy atom. The number of nitrogens with one attached hydrogen (secondary N) is 2. The summed E-state index contributed by atoms with van der Waals surface area (Å²) in [7, 11) is 0. The minimum absolute atomic E-state index is 0. The number of nitriles is 1. The average molecular weight is 339 g/mol. The van der Waals surface area contributed by atoms with Crippen LogP contribution >= 0.6 is 12.4 Å². The van der Waals surface area contributed by atoms with Gasteiger partial charge in [-0.05, 0) is 38.3 Å². The third kappa shape index (κ3) is 4.34. The number of H-pyrrole nitrogens is 1. The Hall–Kier alpha value is -1.84. The van der Waals surface area contributed by atoms with Crippen LogP contribution in [0.3, 0.4) is 0 Å². The van der Waals surface area contributed by atoms with Crippen LogP contribution in [-0.2, 0) is 11.2 Å². The van der Waals surface area contributed by atoms with E-state index in [-0.39, 0.29) is 29.4 Å². The number of halogens is 1. The maximum atomic E-state index is 12.3. The van der Waals surface area contributed by atoms with E-state index in [9.17, 15) is 9.59 Å². The van der Waals surface area contributed by atoms with E-state index in [0.29, 0.717) is 24.4 Å². The lowest BCUT2D eigenvalue weighted by Gasteiger charge is -2.32. The quantitative estimate of drug-likeness (QED) is 0.861. The second-order valence-corrected chi connectivity index (χ2v) is 5.86. The molecule has 1 amide bonds. The van der Waals surface area contributed by atoms with E-state index in [1.807, 2.05) is 17.9 Å². The smallest absolute Gasteiger partial charge is 0.266 e. The van der Waals surface area contributed by atoms with Gasteiger partial charge in [0.1, 0.15) is 11.6 Å². The van der Waals surface area contributed by atoms with Crippen LogP contribution in [0, 0.1) is 25.2 Å². The number of aromatic amines is 1. The highest BCUT2D eigenvalue weighted by atomic mass is 35.5. The van der Waals surface area contributed by atoms with Crippen molar-refractivity contribution in [3.05, 3.63) is 32.7 Å². The summed E-state index contributed by atoms with van der Waals surface area (Å²) in [6.07, 6.45) is 0.936. The molecule has 6 nitrogen and oxygen atoms in total. The van der Waals surface area contributed by atoms with Crippen LogP contribution in [0.15, 0.2) is 4.79 Å². The van der Waals surface area contributed by atoms with Gasteiger partial charge >= 0.3 is 0 Å². The first-order chi connectivity index (χ1) is 10.4. The van der Waals surface area contributed by atoms with E-state index in [2.05, 4.69) is 17.2 Å². The number of piperazine rings is 1. The van der Waals surface area contributed by atoms with Crippen LogP contribution in [0.5, 0.6) is 0 Å². The van der Waals surface area contributed by atoms with Crippen molar-refractivity contribution < 1.29 is 4.79 Å². The molecule has 0 aromatic carbocycles. The van der Waals surface area contributed by atoms with Crippen molar-refractivity contribution in [2.45, 2.75) is 39.7 Å². The Kier molecular flexibility index (Phi) is 6.79. The zero-order valence-electron chi connectivity index (χ0n) is 13.7. The monoisotopic (exact) mass is 338 g/mol. The lowest BCUT2D eigenvalue weighted by atomic mass is 9.98. The lowest BCUT2D eigenvalue weighted by Crippen LogP contribution is -2.51. The van der Waals surface area contributed by atoms with Gasteiger partial charge in [0.2, 0.25) is 5.91 Å². The summed E-state index contributed by atoms with van der Waals surface area (Å²) in [5, 5.41) is 12.4. The Balaban J connectivity index is 0.00000264. The Morgan fingerprint density at radius 2 is 2.13 bits per heavy atom. The number of rotatable bonds is 3. The van der Waals surface area contributed by atoms with Crippen LogP contribution in [0.4, 0.5) is 0 Å². The van der Waals surface area contributed by atoms with Gasteiger partial charge in [-0.25, -0.2) is 0 Å². The molecular weight excluding hydrogens is 316 g/mol. The van der Waals surface area contributed by atoms with E-state index in [0.717, 1.165) is 30.9 Å². The van der Waals surface area contributed by atoms with Crippen LogP contribution in [-0.4, -0.2) is 41.5 Å². The SMILES string of the molecule is Cc1[nH]c(=O)c(C#N)c(C)c1CCC(=O)N1CCNC(C)C1.Cl. The number of hydrogen-bond donors (Lipinski definition) is 2. The largest absolute Gasteiger partial charge is 0.340 e. The highest BCUT2D eigenvalue weighted by molar-refractivity contribution is 5.85. The molecule has 0 aliphatic carbocycles. The summed E-state index contributed by atoms with van der Waals surface area (Å²) >= 11 is 0. The molecule has 126 valence electrons. The standard InChI is InChI=1S/C16H22N4O2.ClH/c1-10-9-20(7-6-18-10)15(21)5-4-13-11(2)14(8-17)16(22)19-12(13)3;/h10,18H,4-7,9H2,1-3H3,(H,19,22);1H. The molecule has 1 aliphatic rings. The van der Waals surface area contributed by atoms with Crippen molar-refractivity contribution in [1.29, 1.82) is 5.26 Å². The highest BCUT2D eigenvalue weighted by Gasteiger charge is 2.21. The molecule has 1 aromatic rings. The predicted octanol–water partition coefficient (Wildman–Crippen LogP) is 1.04. The highest BCUT2D eigenvalue weighted by Crippen LogP contribution is 2.16. The van der Waals surface area contributed by atoms with Crippen LogP contribution in [0.25, 0.3) is 0 Å². The molecule has 23 heavy (non-hydrogen) atoms. The fourth-order valence-electron chi connectivity index (χ4n) is 2.97. The average Bonchev–Trinajstić information content (AvgIpc) is 2.46. The van der Waals surface area contributed by atoms with Crippen molar-refractivity contribution in [2.75, 3.05) is 19.6 Å². The molecule has 2 rings (SSSR count). The fourth-order valence-corrected chi connectivity index (χ4v) is 2.97. The second kappa shape index (κ2) is 8.14. The number of nitrogens with zero attached hydrogens (tertiary/aromatic N) is 2. The molecular formula is C16H23ClN4O2. The second-order valence-electron chi connectivity index (χ2n) is 5.86. The van der Waals surface area contributed by atoms with Gasteiger partial charge in [-0.1, -0.05) is 0 Å². The van der Waals surface area contributed by atoms with Gasteiger partial charge in [-0.2, -0.15) is 5.26 Å². The first kappa shape index (κ1) is 19.2. The van der Waals surface area contributed by atoms with E-state index in [1.165, 1.54) is 0 Å². The number of hydrogen-bond acceptors (Lipinski definition) is 4. The number of aryl methyl sites for hydroxylation is 1. The van der Waals surface area contributed by atoms with Gasteiger partial charge in [-0.15, -0.1) is 12.4 Å². The molecule has 0 radical (unpaired) electrons. The van der Waals surface area contributed by atoms with Crippen molar-refractivity contribution in [1.82, 2.24) is 15.2 Å².